The van der Waals surface area contributed by atoms with Crippen molar-refractivity contribution < 1.29 is 8.78 Å². The molecule has 0 bridgehead atoms. The van der Waals surface area contributed by atoms with Gasteiger partial charge < -0.3 is 5.73 Å². The van der Waals surface area contributed by atoms with Gasteiger partial charge in [0.2, 0.25) is 0 Å². The van der Waals surface area contributed by atoms with Crippen molar-refractivity contribution in [3.63, 3.8) is 0 Å². The predicted octanol–water partition coefficient (Wildman–Crippen LogP) is 3.74. The molecular weight excluding hydrogens is 244 g/mol. The van der Waals surface area contributed by atoms with Gasteiger partial charge in [-0.2, -0.15) is 0 Å². The zero-order valence-corrected chi connectivity index (χ0v) is 10.4. The second-order valence-electron chi connectivity index (χ2n) is 4.48. The molecule has 0 saturated heterocycles. The monoisotopic (exact) mass is 259 g/mol. The fourth-order valence-corrected chi connectivity index (χ4v) is 2.14. The number of benzene rings is 2. The van der Waals surface area contributed by atoms with Crippen molar-refractivity contribution in [2.24, 2.45) is 5.73 Å². The van der Waals surface area contributed by atoms with Crippen LogP contribution in [0.3, 0.4) is 0 Å². The summed E-state index contributed by atoms with van der Waals surface area (Å²) in [6.07, 6.45) is 2.11. The molecule has 1 nitrogen and oxygen atoms in total. The molecule has 0 aromatic heterocycles. The van der Waals surface area contributed by atoms with Crippen molar-refractivity contribution in [2.75, 3.05) is 0 Å². The van der Waals surface area contributed by atoms with Crippen molar-refractivity contribution in [3.05, 3.63) is 83.9 Å². The summed E-state index contributed by atoms with van der Waals surface area (Å²) < 4.78 is 26.4. The summed E-state index contributed by atoms with van der Waals surface area (Å²) in [5.74, 6) is -0.678. The SMILES string of the molecule is C=CCC(N)(c1ccc(F)cc1)c1cccc(F)c1. The number of hydrogen-bond donors (Lipinski definition) is 1. The van der Waals surface area contributed by atoms with Gasteiger partial charge >= 0.3 is 0 Å². The zero-order valence-electron chi connectivity index (χ0n) is 10.4. The Morgan fingerprint density at radius 2 is 1.68 bits per heavy atom. The highest BCUT2D eigenvalue weighted by atomic mass is 19.1. The Morgan fingerprint density at radius 1 is 1.00 bits per heavy atom. The highest BCUT2D eigenvalue weighted by molar-refractivity contribution is 5.38. The van der Waals surface area contributed by atoms with Gasteiger partial charge in [0, 0.05) is 0 Å². The third-order valence-corrected chi connectivity index (χ3v) is 3.17. The van der Waals surface area contributed by atoms with Crippen molar-refractivity contribution in [2.45, 2.75) is 12.0 Å². The van der Waals surface area contributed by atoms with Gasteiger partial charge in [0.25, 0.3) is 0 Å². The van der Waals surface area contributed by atoms with Crippen molar-refractivity contribution in [1.29, 1.82) is 0 Å². The molecule has 98 valence electrons. The topological polar surface area (TPSA) is 26.0 Å². The molecular formula is C16H15F2N. The Morgan fingerprint density at radius 3 is 2.26 bits per heavy atom. The van der Waals surface area contributed by atoms with Crippen LogP contribution in [-0.2, 0) is 5.54 Å². The van der Waals surface area contributed by atoms with Crippen LogP contribution >= 0.6 is 0 Å². The average Bonchev–Trinajstić information content (AvgIpc) is 2.39. The predicted molar refractivity (Wildman–Crippen MR) is 72.6 cm³/mol. The lowest BCUT2D eigenvalue weighted by Crippen LogP contribution is -2.37. The highest BCUT2D eigenvalue weighted by Crippen LogP contribution is 2.31. The van der Waals surface area contributed by atoms with E-state index in [-0.39, 0.29) is 11.6 Å². The van der Waals surface area contributed by atoms with E-state index >= 15 is 0 Å². The van der Waals surface area contributed by atoms with Crippen LogP contribution in [0, 0.1) is 11.6 Å². The molecule has 1 unspecified atom stereocenters. The largest absolute Gasteiger partial charge is 0.317 e. The summed E-state index contributed by atoms with van der Waals surface area (Å²) in [7, 11) is 0. The van der Waals surface area contributed by atoms with Gasteiger partial charge in [-0.25, -0.2) is 8.78 Å². The Kier molecular flexibility index (Phi) is 3.76. The maximum atomic E-state index is 13.4. The first-order valence-electron chi connectivity index (χ1n) is 5.98. The van der Waals surface area contributed by atoms with Crippen LogP contribution in [-0.4, -0.2) is 0 Å². The van der Waals surface area contributed by atoms with Gasteiger partial charge in [0.1, 0.15) is 11.6 Å². The number of halogens is 2. The van der Waals surface area contributed by atoms with E-state index in [2.05, 4.69) is 6.58 Å². The molecule has 2 N–H and O–H groups in total. The standard InChI is InChI=1S/C16H15F2N/c1-2-10-16(19,12-6-8-14(17)9-7-12)13-4-3-5-15(18)11-13/h2-9,11H,1,10,19H2. The third-order valence-electron chi connectivity index (χ3n) is 3.17. The summed E-state index contributed by atoms with van der Waals surface area (Å²) in [6.45, 7) is 3.69. The van der Waals surface area contributed by atoms with Crippen molar-refractivity contribution in [1.82, 2.24) is 0 Å². The molecule has 2 rings (SSSR count). The Bertz CT molecular complexity index is 578. The fourth-order valence-electron chi connectivity index (χ4n) is 2.14. The minimum absolute atomic E-state index is 0.330. The maximum Gasteiger partial charge on any atom is 0.123 e. The molecule has 1 atom stereocenters. The van der Waals surface area contributed by atoms with Crippen LogP contribution in [0.2, 0.25) is 0 Å². The van der Waals surface area contributed by atoms with Crippen LogP contribution in [0.25, 0.3) is 0 Å². The number of nitrogens with two attached hydrogens (primary N) is 1. The second-order valence-corrected chi connectivity index (χ2v) is 4.48. The molecule has 0 aliphatic heterocycles. The summed E-state index contributed by atoms with van der Waals surface area (Å²) in [5, 5.41) is 0. The smallest absolute Gasteiger partial charge is 0.123 e. The zero-order chi connectivity index (χ0) is 13.9. The molecule has 0 aliphatic carbocycles. The molecule has 0 spiro atoms. The van der Waals surface area contributed by atoms with E-state index in [1.54, 1.807) is 30.3 Å². The minimum Gasteiger partial charge on any atom is -0.317 e. The summed E-state index contributed by atoms with van der Waals surface area (Å²) in [6, 6.07) is 12.1. The van der Waals surface area contributed by atoms with Gasteiger partial charge in [0.05, 0.1) is 5.54 Å². The molecule has 0 saturated carbocycles. The molecule has 0 aliphatic rings. The Hall–Kier alpha value is -2.00. The molecule has 0 amide bonds. The second kappa shape index (κ2) is 5.33. The lowest BCUT2D eigenvalue weighted by molar-refractivity contribution is 0.535. The van der Waals surface area contributed by atoms with E-state index < -0.39 is 5.54 Å². The number of hydrogen-bond acceptors (Lipinski definition) is 1. The molecule has 19 heavy (non-hydrogen) atoms. The van der Waals surface area contributed by atoms with E-state index in [1.165, 1.54) is 24.3 Å². The van der Waals surface area contributed by atoms with E-state index in [1.807, 2.05) is 0 Å². The van der Waals surface area contributed by atoms with Crippen molar-refractivity contribution >= 4 is 0 Å². The van der Waals surface area contributed by atoms with Crippen LogP contribution in [0.5, 0.6) is 0 Å². The maximum absolute atomic E-state index is 13.4. The van der Waals surface area contributed by atoms with E-state index in [0.29, 0.717) is 12.0 Å². The first-order chi connectivity index (χ1) is 9.06. The molecule has 0 heterocycles. The fraction of sp³-hybridized carbons (Fsp3) is 0.125. The molecule has 2 aromatic rings. The molecule has 3 heteroatoms. The van der Waals surface area contributed by atoms with Gasteiger partial charge in [-0.1, -0.05) is 30.3 Å². The quantitative estimate of drug-likeness (QED) is 0.832. The highest BCUT2D eigenvalue weighted by Gasteiger charge is 2.28. The Labute approximate surface area is 111 Å². The Balaban J connectivity index is 2.53. The van der Waals surface area contributed by atoms with Gasteiger partial charge in [-0.3, -0.25) is 0 Å². The van der Waals surface area contributed by atoms with Gasteiger partial charge in [0.15, 0.2) is 0 Å². The summed E-state index contributed by atoms with van der Waals surface area (Å²) in [4.78, 5) is 0. The molecule has 0 fully saturated rings. The normalized spacial score (nSPS) is 13.8. The summed E-state index contributed by atoms with van der Waals surface area (Å²) >= 11 is 0. The summed E-state index contributed by atoms with van der Waals surface area (Å²) in [5.41, 5.74) is 6.86. The van der Waals surface area contributed by atoms with E-state index in [0.717, 1.165) is 5.56 Å². The lowest BCUT2D eigenvalue weighted by Gasteiger charge is -2.29. The van der Waals surface area contributed by atoms with Crippen LogP contribution in [0.4, 0.5) is 8.78 Å². The number of rotatable bonds is 4. The third kappa shape index (κ3) is 2.71. The molecule has 0 radical (unpaired) electrons. The first-order valence-corrected chi connectivity index (χ1v) is 5.98. The lowest BCUT2D eigenvalue weighted by atomic mass is 9.81. The van der Waals surface area contributed by atoms with Crippen LogP contribution in [0.1, 0.15) is 17.5 Å². The average molecular weight is 259 g/mol. The van der Waals surface area contributed by atoms with Crippen molar-refractivity contribution in [3.8, 4) is 0 Å². The van der Waals surface area contributed by atoms with E-state index in [9.17, 15) is 8.78 Å². The van der Waals surface area contributed by atoms with Crippen LogP contribution in [0.15, 0.2) is 61.2 Å². The first kappa shape index (κ1) is 13.4. The minimum atomic E-state index is -0.905. The van der Waals surface area contributed by atoms with E-state index in [4.69, 9.17) is 5.73 Å². The molecule has 2 aromatic carbocycles. The van der Waals surface area contributed by atoms with Gasteiger partial charge in [-0.15, -0.1) is 6.58 Å². The van der Waals surface area contributed by atoms with Gasteiger partial charge in [-0.05, 0) is 41.8 Å². The van der Waals surface area contributed by atoms with Crippen LogP contribution < -0.4 is 5.73 Å².